The van der Waals surface area contributed by atoms with Gasteiger partial charge in [-0.25, -0.2) is 4.99 Å². The van der Waals surface area contributed by atoms with Crippen LogP contribution in [0.4, 0.5) is 5.69 Å². The van der Waals surface area contributed by atoms with Crippen LogP contribution in [0.25, 0.3) is 0 Å². The average molecular weight is 408 g/mol. The van der Waals surface area contributed by atoms with Gasteiger partial charge in [0, 0.05) is 21.3 Å². The highest BCUT2D eigenvalue weighted by Crippen LogP contribution is 2.39. The molecule has 3 nitrogen and oxygen atoms in total. The number of guanidine groups is 1. The highest BCUT2D eigenvalue weighted by Gasteiger charge is 2.28. The lowest BCUT2D eigenvalue weighted by Gasteiger charge is -2.28. The molecule has 0 fully saturated rings. The van der Waals surface area contributed by atoms with Crippen LogP contribution in [0.2, 0.25) is 10.0 Å². The first-order chi connectivity index (χ1) is 13.7. The lowest BCUT2D eigenvalue weighted by atomic mass is 9.96. The monoisotopic (exact) mass is 407 g/mol. The van der Waals surface area contributed by atoms with Gasteiger partial charge in [-0.2, -0.15) is 0 Å². The van der Waals surface area contributed by atoms with Crippen molar-refractivity contribution in [2.75, 3.05) is 5.32 Å². The van der Waals surface area contributed by atoms with Gasteiger partial charge in [0.25, 0.3) is 0 Å². The van der Waals surface area contributed by atoms with E-state index in [-0.39, 0.29) is 12.1 Å². The van der Waals surface area contributed by atoms with Crippen LogP contribution in [0.3, 0.4) is 0 Å². The zero-order chi connectivity index (χ0) is 19.1. The number of anilines is 1. The van der Waals surface area contributed by atoms with Gasteiger partial charge in [0.1, 0.15) is 6.04 Å². The smallest absolute Gasteiger partial charge is 0.197 e. The van der Waals surface area contributed by atoms with Crippen LogP contribution in [0.5, 0.6) is 0 Å². The van der Waals surface area contributed by atoms with E-state index in [4.69, 9.17) is 28.2 Å². The summed E-state index contributed by atoms with van der Waals surface area (Å²) in [5.41, 5.74) is 5.76. The highest BCUT2D eigenvalue weighted by molar-refractivity contribution is 6.31. The van der Waals surface area contributed by atoms with Gasteiger partial charge >= 0.3 is 0 Å². The molecule has 0 spiro atoms. The lowest BCUT2D eigenvalue weighted by Crippen LogP contribution is -2.36. The number of benzene rings is 3. The second-order valence-corrected chi connectivity index (χ2v) is 8.04. The topological polar surface area (TPSA) is 36.4 Å². The van der Waals surface area contributed by atoms with Crippen LogP contribution in [0.15, 0.2) is 71.7 Å². The minimum Gasteiger partial charge on any atom is -0.349 e. The number of aliphatic imine (C=N–C) groups is 1. The van der Waals surface area contributed by atoms with Gasteiger partial charge in [-0.1, -0.05) is 65.7 Å². The normalized spacial score (nSPS) is 20.0. The number of fused-ring (bicyclic) bond motifs is 2. The Morgan fingerprint density at radius 1 is 0.893 bits per heavy atom. The molecule has 2 N–H and O–H groups in total. The zero-order valence-corrected chi connectivity index (χ0v) is 16.6. The van der Waals surface area contributed by atoms with Crippen molar-refractivity contribution in [3.05, 3.63) is 99.0 Å². The Kier molecular flexibility index (Phi) is 4.50. The maximum Gasteiger partial charge on any atom is 0.197 e. The third kappa shape index (κ3) is 3.15. The van der Waals surface area contributed by atoms with Crippen molar-refractivity contribution < 1.29 is 0 Å². The summed E-state index contributed by atoms with van der Waals surface area (Å²) in [7, 11) is 0. The Bertz CT molecular complexity index is 1080. The molecule has 3 aromatic carbocycles. The van der Waals surface area contributed by atoms with Crippen molar-refractivity contribution in [3.8, 4) is 0 Å². The molecule has 2 aliphatic rings. The SMILES string of the molecule is Clc1ccc2c(c1)C(c1ccccc1Cl)N=C(N[C@@H]1CCc3ccccc31)N2. The van der Waals surface area contributed by atoms with Crippen molar-refractivity contribution in [2.24, 2.45) is 4.99 Å². The van der Waals surface area contributed by atoms with Crippen LogP contribution < -0.4 is 10.6 Å². The number of rotatable bonds is 2. The minimum atomic E-state index is -0.206. The van der Waals surface area contributed by atoms with Gasteiger partial charge in [-0.3, -0.25) is 0 Å². The molecule has 0 aromatic heterocycles. The molecule has 0 saturated heterocycles. The average Bonchev–Trinajstić information content (AvgIpc) is 3.11. The first kappa shape index (κ1) is 17.6. The Morgan fingerprint density at radius 3 is 2.54 bits per heavy atom. The molecule has 1 heterocycles. The van der Waals surface area contributed by atoms with Crippen molar-refractivity contribution >= 4 is 34.8 Å². The van der Waals surface area contributed by atoms with E-state index in [9.17, 15) is 0 Å². The second kappa shape index (κ2) is 7.16. The third-order valence-corrected chi connectivity index (χ3v) is 6.04. The molecule has 1 unspecified atom stereocenters. The first-order valence-electron chi connectivity index (χ1n) is 9.42. The number of halogens is 2. The fourth-order valence-corrected chi connectivity index (χ4v) is 4.53. The summed E-state index contributed by atoms with van der Waals surface area (Å²) in [6.45, 7) is 0. The molecule has 3 aromatic rings. The fraction of sp³-hybridized carbons (Fsp3) is 0.174. The minimum absolute atomic E-state index is 0.206. The Labute approximate surface area is 174 Å². The fourth-order valence-electron chi connectivity index (χ4n) is 4.11. The van der Waals surface area contributed by atoms with E-state index in [0.29, 0.717) is 10.0 Å². The summed E-state index contributed by atoms with van der Waals surface area (Å²) in [5.74, 6) is 0.765. The molecule has 5 heteroatoms. The van der Waals surface area contributed by atoms with E-state index in [0.717, 1.165) is 35.6 Å². The van der Waals surface area contributed by atoms with E-state index < -0.39 is 0 Å². The number of hydrogen-bond donors (Lipinski definition) is 2. The highest BCUT2D eigenvalue weighted by atomic mass is 35.5. The molecule has 0 bridgehead atoms. The molecule has 140 valence electrons. The predicted octanol–water partition coefficient (Wildman–Crippen LogP) is 6.14. The number of nitrogens with zero attached hydrogens (tertiary/aromatic N) is 1. The van der Waals surface area contributed by atoms with Gasteiger partial charge in [-0.15, -0.1) is 0 Å². The Balaban J connectivity index is 1.53. The zero-order valence-electron chi connectivity index (χ0n) is 15.1. The largest absolute Gasteiger partial charge is 0.349 e. The molecule has 5 rings (SSSR count). The molecule has 2 atom stereocenters. The van der Waals surface area contributed by atoms with E-state index in [1.807, 2.05) is 42.5 Å². The Hall–Kier alpha value is -2.49. The van der Waals surface area contributed by atoms with Crippen molar-refractivity contribution in [2.45, 2.75) is 24.9 Å². The van der Waals surface area contributed by atoms with Gasteiger partial charge in [0.05, 0.1) is 6.04 Å². The number of nitrogens with one attached hydrogen (secondary N) is 2. The van der Waals surface area contributed by atoms with Crippen LogP contribution in [0, 0.1) is 0 Å². The van der Waals surface area contributed by atoms with Crippen LogP contribution >= 0.6 is 23.2 Å². The van der Waals surface area contributed by atoms with Crippen molar-refractivity contribution in [1.82, 2.24) is 5.32 Å². The van der Waals surface area contributed by atoms with Crippen LogP contribution in [-0.4, -0.2) is 5.96 Å². The third-order valence-electron chi connectivity index (χ3n) is 5.46. The Morgan fingerprint density at radius 2 is 1.68 bits per heavy atom. The summed E-state index contributed by atoms with van der Waals surface area (Å²) in [6, 6.07) is 22.4. The number of hydrogen-bond acceptors (Lipinski definition) is 3. The van der Waals surface area contributed by atoms with Gasteiger partial charge in [-0.05, 0) is 53.8 Å². The summed E-state index contributed by atoms with van der Waals surface area (Å²) >= 11 is 12.8. The van der Waals surface area contributed by atoms with Crippen LogP contribution in [0.1, 0.15) is 40.8 Å². The van der Waals surface area contributed by atoms with Gasteiger partial charge < -0.3 is 10.6 Å². The second-order valence-electron chi connectivity index (χ2n) is 7.19. The van der Waals surface area contributed by atoms with Gasteiger partial charge in [0.15, 0.2) is 5.96 Å². The molecular weight excluding hydrogens is 389 g/mol. The summed E-state index contributed by atoms with van der Waals surface area (Å²) in [6.07, 6.45) is 2.14. The standard InChI is InChI=1S/C23H19Cl2N3/c24-15-10-12-21-18(13-15)22(17-7-3-4-8-19(17)25)28-23(27-21)26-20-11-9-14-5-1-2-6-16(14)20/h1-8,10,12-13,20,22H,9,11H2,(H2,26,27,28)/t20-,22?/m1/s1. The quantitative estimate of drug-likeness (QED) is 0.534. The van der Waals surface area contributed by atoms with Gasteiger partial charge in [0.2, 0.25) is 0 Å². The molecule has 0 amide bonds. The predicted molar refractivity (Wildman–Crippen MR) is 116 cm³/mol. The van der Waals surface area contributed by atoms with E-state index in [1.165, 1.54) is 11.1 Å². The molecular formula is C23H19Cl2N3. The lowest BCUT2D eigenvalue weighted by molar-refractivity contribution is 0.633. The van der Waals surface area contributed by atoms with Crippen molar-refractivity contribution in [3.63, 3.8) is 0 Å². The van der Waals surface area contributed by atoms with E-state index in [2.05, 4.69) is 34.9 Å². The first-order valence-corrected chi connectivity index (χ1v) is 10.2. The molecule has 1 aliphatic carbocycles. The van der Waals surface area contributed by atoms with E-state index in [1.54, 1.807) is 0 Å². The molecule has 1 aliphatic heterocycles. The van der Waals surface area contributed by atoms with E-state index >= 15 is 0 Å². The summed E-state index contributed by atoms with van der Waals surface area (Å²) in [5, 5.41) is 8.44. The van der Waals surface area contributed by atoms with Crippen LogP contribution in [-0.2, 0) is 6.42 Å². The summed E-state index contributed by atoms with van der Waals surface area (Å²) in [4.78, 5) is 4.98. The molecule has 0 saturated carbocycles. The number of aryl methyl sites for hydroxylation is 1. The van der Waals surface area contributed by atoms with Crippen molar-refractivity contribution in [1.29, 1.82) is 0 Å². The molecule has 28 heavy (non-hydrogen) atoms. The summed E-state index contributed by atoms with van der Waals surface area (Å²) < 4.78 is 0. The maximum atomic E-state index is 6.51. The maximum absolute atomic E-state index is 6.51. The molecule has 0 radical (unpaired) electrons.